The number of fused-ring (bicyclic) bond motifs is 1. The summed E-state index contributed by atoms with van der Waals surface area (Å²) in [6.07, 6.45) is 3.83. The lowest BCUT2D eigenvalue weighted by molar-refractivity contribution is 0.0935. The van der Waals surface area contributed by atoms with Crippen LogP contribution in [0, 0.1) is 5.82 Å². The van der Waals surface area contributed by atoms with Gasteiger partial charge in [0.2, 0.25) is 0 Å². The van der Waals surface area contributed by atoms with Crippen LogP contribution in [-0.2, 0) is 12.8 Å². The third kappa shape index (κ3) is 3.30. The zero-order chi connectivity index (χ0) is 15.5. The second-order valence-electron chi connectivity index (χ2n) is 5.66. The van der Waals surface area contributed by atoms with E-state index in [9.17, 15) is 9.18 Å². The van der Waals surface area contributed by atoms with Crippen LogP contribution in [0.1, 0.15) is 34.3 Å². The Bertz CT molecular complexity index is 701. The average Bonchev–Trinajstić information content (AvgIpc) is 2.68. The predicted octanol–water partition coefficient (Wildman–Crippen LogP) is 4.16. The van der Waals surface area contributed by atoms with Crippen LogP contribution in [0.5, 0.6) is 0 Å². The second-order valence-corrected chi connectivity index (χ2v) is 6.07. The lowest BCUT2D eigenvalue weighted by atomic mass is 10.0. The number of benzene rings is 2. The van der Waals surface area contributed by atoms with Gasteiger partial charge in [0.15, 0.2) is 0 Å². The minimum absolute atomic E-state index is 0.0808. The largest absolute Gasteiger partial charge is 0.349 e. The van der Waals surface area contributed by atoms with Crippen LogP contribution in [0.4, 0.5) is 4.39 Å². The van der Waals surface area contributed by atoms with Crippen molar-refractivity contribution in [3.05, 3.63) is 70.0 Å². The molecule has 0 heterocycles. The summed E-state index contributed by atoms with van der Waals surface area (Å²) in [5.74, 6) is -0.681. The molecule has 4 heteroatoms. The first-order valence-corrected chi connectivity index (χ1v) is 7.84. The molecule has 0 bridgehead atoms. The summed E-state index contributed by atoms with van der Waals surface area (Å²) in [7, 11) is 0. The van der Waals surface area contributed by atoms with E-state index < -0.39 is 5.82 Å². The van der Waals surface area contributed by atoms with Crippen LogP contribution in [0.25, 0.3) is 0 Å². The van der Waals surface area contributed by atoms with E-state index in [1.54, 1.807) is 0 Å². The second kappa shape index (κ2) is 6.49. The third-order valence-corrected chi connectivity index (χ3v) is 4.41. The molecule has 1 aliphatic carbocycles. The number of aryl methyl sites for hydroxylation is 1. The Morgan fingerprint density at radius 1 is 1.18 bits per heavy atom. The fourth-order valence-electron chi connectivity index (χ4n) is 2.97. The zero-order valence-electron chi connectivity index (χ0n) is 12.1. The van der Waals surface area contributed by atoms with Crippen molar-refractivity contribution in [1.82, 2.24) is 5.32 Å². The monoisotopic (exact) mass is 317 g/mol. The summed E-state index contributed by atoms with van der Waals surface area (Å²) in [6, 6.07) is 12.3. The topological polar surface area (TPSA) is 29.1 Å². The van der Waals surface area contributed by atoms with E-state index in [4.69, 9.17) is 11.6 Å². The minimum Gasteiger partial charge on any atom is -0.349 e. The fourth-order valence-corrected chi connectivity index (χ4v) is 3.22. The van der Waals surface area contributed by atoms with Crippen LogP contribution in [-0.4, -0.2) is 11.9 Å². The number of nitrogens with one attached hydrogen (secondary N) is 1. The first-order valence-electron chi connectivity index (χ1n) is 7.46. The van der Waals surface area contributed by atoms with Gasteiger partial charge in [-0.2, -0.15) is 0 Å². The molecule has 0 saturated carbocycles. The van der Waals surface area contributed by atoms with Crippen molar-refractivity contribution in [2.75, 3.05) is 0 Å². The van der Waals surface area contributed by atoms with E-state index in [1.807, 2.05) is 6.07 Å². The predicted molar refractivity (Wildman–Crippen MR) is 85.7 cm³/mol. The first-order chi connectivity index (χ1) is 10.6. The van der Waals surface area contributed by atoms with E-state index in [0.717, 1.165) is 25.7 Å². The SMILES string of the molecule is O=C(NC1CCCc2ccccc2C1)c1ccc(F)cc1Cl. The van der Waals surface area contributed by atoms with Crippen LogP contribution in [0.2, 0.25) is 5.02 Å². The van der Waals surface area contributed by atoms with Crippen molar-refractivity contribution in [2.45, 2.75) is 31.7 Å². The van der Waals surface area contributed by atoms with Gasteiger partial charge < -0.3 is 5.32 Å². The van der Waals surface area contributed by atoms with Gasteiger partial charge in [0, 0.05) is 6.04 Å². The Hall–Kier alpha value is -1.87. The standard InChI is InChI=1S/C18H17ClFNO/c19-17-11-14(20)8-9-16(17)18(22)21-15-7-3-6-12-4-1-2-5-13(12)10-15/h1-2,4-5,8-9,11,15H,3,6-7,10H2,(H,21,22). The molecule has 114 valence electrons. The highest BCUT2D eigenvalue weighted by atomic mass is 35.5. The Labute approximate surface area is 134 Å². The first kappa shape index (κ1) is 15.0. The van der Waals surface area contributed by atoms with E-state index in [0.29, 0.717) is 5.56 Å². The lowest BCUT2D eigenvalue weighted by Crippen LogP contribution is -2.36. The van der Waals surface area contributed by atoms with Crippen LogP contribution >= 0.6 is 11.6 Å². The molecule has 3 rings (SSSR count). The zero-order valence-corrected chi connectivity index (χ0v) is 12.9. The summed E-state index contributed by atoms with van der Waals surface area (Å²) < 4.78 is 13.1. The van der Waals surface area contributed by atoms with Gasteiger partial charge in [-0.05, 0) is 55.0 Å². The number of halogens is 2. The fraction of sp³-hybridized carbons (Fsp3) is 0.278. The number of hydrogen-bond acceptors (Lipinski definition) is 1. The molecule has 22 heavy (non-hydrogen) atoms. The van der Waals surface area contributed by atoms with Gasteiger partial charge in [0.05, 0.1) is 10.6 Å². The van der Waals surface area contributed by atoms with Gasteiger partial charge in [-0.15, -0.1) is 0 Å². The third-order valence-electron chi connectivity index (χ3n) is 4.09. The number of carbonyl (C=O) groups is 1. The smallest absolute Gasteiger partial charge is 0.253 e. The molecule has 0 aliphatic heterocycles. The maximum Gasteiger partial charge on any atom is 0.253 e. The molecule has 0 spiro atoms. The van der Waals surface area contributed by atoms with Gasteiger partial charge in [-0.3, -0.25) is 4.79 Å². The summed E-state index contributed by atoms with van der Waals surface area (Å²) in [4.78, 5) is 12.4. The normalized spacial score (nSPS) is 17.5. The van der Waals surface area contributed by atoms with Crippen molar-refractivity contribution >= 4 is 17.5 Å². The van der Waals surface area contributed by atoms with Gasteiger partial charge in [-0.25, -0.2) is 4.39 Å². The molecular formula is C18H17ClFNO. The number of amides is 1. The highest BCUT2D eigenvalue weighted by molar-refractivity contribution is 6.33. The molecule has 1 N–H and O–H groups in total. The van der Waals surface area contributed by atoms with Gasteiger partial charge in [0.1, 0.15) is 5.82 Å². The van der Waals surface area contributed by atoms with Gasteiger partial charge >= 0.3 is 0 Å². The van der Waals surface area contributed by atoms with Gasteiger partial charge in [0.25, 0.3) is 5.91 Å². The molecule has 0 saturated heterocycles. The molecule has 2 aromatic carbocycles. The maximum atomic E-state index is 13.1. The molecule has 2 aromatic rings. The molecular weight excluding hydrogens is 301 g/mol. The Balaban J connectivity index is 1.74. The average molecular weight is 318 g/mol. The molecule has 1 aliphatic rings. The maximum absolute atomic E-state index is 13.1. The molecule has 0 aromatic heterocycles. The quantitative estimate of drug-likeness (QED) is 0.828. The summed E-state index contributed by atoms with van der Waals surface area (Å²) in [5.41, 5.74) is 2.97. The highest BCUT2D eigenvalue weighted by Crippen LogP contribution is 2.22. The Kier molecular flexibility index (Phi) is 4.44. The highest BCUT2D eigenvalue weighted by Gasteiger charge is 2.20. The van der Waals surface area contributed by atoms with Crippen molar-refractivity contribution in [3.63, 3.8) is 0 Å². The number of rotatable bonds is 2. The molecule has 0 radical (unpaired) electrons. The number of carbonyl (C=O) groups excluding carboxylic acids is 1. The number of hydrogen-bond donors (Lipinski definition) is 1. The molecule has 2 nitrogen and oxygen atoms in total. The van der Waals surface area contributed by atoms with Crippen molar-refractivity contribution < 1.29 is 9.18 Å². The van der Waals surface area contributed by atoms with E-state index >= 15 is 0 Å². The molecule has 1 unspecified atom stereocenters. The summed E-state index contributed by atoms with van der Waals surface area (Å²) in [5, 5.41) is 3.18. The van der Waals surface area contributed by atoms with E-state index in [-0.39, 0.29) is 17.0 Å². The van der Waals surface area contributed by atoms with Crippen LogP contribution in [0.3, 0.4) is 0 Å². The molecule has 0 fully saturated rings. The summed E-state index contributed by atoms with van der Waals surface area (Å²) in [6.45, 7) is 0. The molecule has 1 amide bonds. The van der Waals surface area contributed by atoms with E-state index in [1.165, 1.54) is 29.3 Å². The molecule has 1 atom stereocenters. The lowest BCUT2D eigenvalue weighted by Gasteiger charge is -2.17. The Morgan fingerprint density at radius 3 is 2.73 bits per heavy atom. The van der Waals surface area contributed by atoms with Crippen molar-refractivity contribution in [3.8, 4) is 0 Å². The Morgan fingerprint density at radius 2 is 1.95 bits per heavy atom. The summed E-state index contributed by atoms with van der Waals surface area (Å²) >= 11 is 5.95. The van der Waals surface area contributed by atoms with Crippen LogP contribution < -0.4 is 5.32 Å². The van der Waals surface area contributed by atoms with Gasteiger partial charge in [-0.1, -0.05) is 35.9 Å². The van der Waals surface area contributed by atoms with Crippen molar-refractivity contribution in [1.29, 1.82) is 0 Å². The van der Waals surface area contributed by atoms with Crippen LogP contribution in [0.15, 0.2) is 42.5 Å². The van der Waals surface area contributed by atoms with Crippen molar-refractivity contribution in [2.24, 2.45) is 0 Å². The van der Waals surface area contributed by atoms with E-state index in [2.05, 4.69) is 23.5 Å². The minimum atomic E-state index is -0.440.